The van der Waals surface area contributed by atoms with Gasteiger partial charge < -0.3 is 10.5 Å². The zero-order chi connectivity index (χ0) is 14.0. The van der Waals surface area contributed by atoms with E-state index in [4.69, 9.17) is 10.5 Å². The number of nitrogen functional groups attached to an aromatic ring is 1. The predicted molar refractivity (Wildman–Crippen MR) is 74.4 cm³/mol. The van der Waals surface area contributed by atoms with Crippen LogP contribution in [0, 0.1) is 6.92 Å². The van der Waals surface area contributed by atoms with Crippen LogP contribution in [0.4, 0.5) is 5.69 Å². The molecule has 1 fully saturated rings. The van der Waals surface area contributed by atoms with Crippen molar-refractivity contribution in [3.63, 3.8) is 0 Å². The molecule has 0 bridgehead atoms. The molecule has 1 aliphatic carbocycles. The van der Waals surface area contributed by atoms with E-state index in [1.807, 2.05) is 0 Å². The number of methoxy groups -OCH3 is 1. The van der Waals surface area contributed by atoms with Gasteiger partial charge in [-0.25, -0.2) is 8.42 Å². The van der Waals surface area contributed by atoms with Gasteiger partial charge in [0.2, 0.25) is 10.0 Å². The van der Waals surface area contributed by atoms with Crippen molar-refractivity contribution < 1.29 is 13.2 Å². The van der Waals surface area contributed by atoms with Crippen molar-refractivity contribution in [3.8, 4) is 0 Å². The summed E-state index contributed by atoms with van der Waals surface area (Å²) in [7, 11) is -1.97. The maximum absolute atomic E-state index is 12.8. The molecule has 5 nitrogen and oxygen atoms in total. The van der Waals surface area contributed by atoms with Crippen molar-refractivity contribution in [2.24, 2.45) is 0 Å². The number of nitrogens with zero attached hydrogens (tertiary/aromatic N) is 1. The first-order chi connectivity index (χ1) is 8.98. The molecular formula is C13H20N2O3S. The van der Waals surface area contributed by atoms with Gasteiger partial charge in [0.25, 0.3) is 0 Å². The van der Waals surface area contributed by atoms with Crippen LogP contribution in [0.2, 0.25) is 0 Å². The quantitative estimate of drug-likeness (QED) is 0.801. The van der Waals surface area contributed by atoms with Crippen LogP contribution in [-0.4, -0.2) is 39.0 Å². The number of hydrogen-bond acceptors (Lipinski definition) is 4. The molecule has 0 atom stereocenters. The second kappa shape index (κ2) is 5.48. The smallest absolute Gasteiger partial charge is 0.245 e. The number of aryl methyl sites for hydroxylation is 1. The van der Waals surface area contributed by atoms with Crippen LogP contribution in [0.15, 0.2) is 23.1 Å². The van der Waals surface area contributed by atoms with Crippen LogP contribution >= 0.6 is 0 Å². The Kier molecular flexibility index (Phi) is 4.13. The third kappa shape index (κ3) is 2.91. The molecule has 0 amide bonds. The maximum Gasteiger partial charge on any atom is 0.245 e. The Balaban J connectivity index is 2.39. The van der Waals surface area contributed by atoms with Gasteiger partial charge in [-0.3, -0.25) is 0 Å². The highest BCUT2D eigenvalue weighted by Gasteiger charge is 2.39. The fraction of sp³-hybridized carbons (Fsp3) is 0.538. The van der Waals surface area contributed by atoms with Gasteiger partial charge in [-0.2, -0.15) is 4.31 Å². The molecule has 19 heavy (non-hydrogen) atoms. The second-order valence-electron chi connectivity index (χ2n) is 4.83. The lowest BCUT2D eigenvalue weighted by Gasteiger charge is -2.23. The Labute approximate surface area is 114 Å². The van der Waals surface area contributed by atoms with Gasteiger partial charge in [-0.05, 0) is 31.4 Å². The normalized spacial score (nSPS) is 15.9. The van der Waals surface area contributed by atoms with E-state index in [-0.39, 0.29) is 10.9 Å². The summed E-state index contributed by atoms with van der Waals surface area (Å²) >= 11 is 0. The topological polar surface area (TPSA) is 72.6 Å². The summed E-state index contributed by atoms with van der Waals surface area (Å²) in [4.78, 5) is 0.234. The maximum atomic E-state index is 12.8. The summed E-state index contributed by atoms with van der Waals surface area (Å²) in [5.74, 6) is 0. The van der Waals surface area contributed by atoms with Crippen molar-refractivity contribution in [3.05, 3.63) is 23.8 Å². The highest BCUT2D eigenvalue weighted by molar-refractivity contribution is 7.89. The van der Waals surface area contributed by atoms with E-state index >= 15 is 0 Å². The Morgan fingerprint density at radius 2 is 2.11 bits per heavy atom. The van der Waals surface area contributed by atoms with Crippen LogP contribution in [0.25, 0.3) is 0 Å². The second-order valence-corrected chi connectivity index (χ2v) is 6.66. The minimum absolute atomic E-state index is 0.0964. The molecular weight excluding hydrogens is 264 g/mol. The van der Waals surface area contributed by atoms with Gasteiger partial charge >= 0.3 is 0 Å². The van der Waals surface area contributed by atoms with Gasteiger partial charge in [-0.15, -0.1) is 0 Å². The molecule has 0 aliphatic heterocycles. The number of nitrogens with two attached hydrogens (primary N) is 1. The van der Waals surface area contributed by atoms with E-state index in [0.29, 0.717) is 24.4 Å². The highest BCUT2D eigenvalue weighted by Crippen LogP contribution is 2.34. The van der Waals surface area contributed by atoms with Gasteiger partial charge in [0.15, 0.2) is 0 Å². The third-order valence-corrected chi connectivity index (χ3v) is 5.45. The van der Waals surface area contributed by atoms with E-state index in [0.717, 1.165) is 12.8 Å². The first kappa shape index (κ1) is 14.3. The van der Waals surface area contributed by atoms with Crippen molar-refractivity contribution in [2.45, 2.75) is 30.7 Å². The standard InChI is InChI=1S/C13H20N2O3S/c1-10-4-3-5-12(14)13(10)19(16,17)15(8-9-18-2)11-6-7-11/h3-5,11H,6-9,14H2,1-2H3. The molecule has 0 aromatic heterocycles. The molecule has 1 aromatic rings. The number of sulfonamides is 1. The number of rotatable bonds is 6. The molecule has 1 saturated carbocycles. The molecule has 0 heterocycles. The molecule has 0 saturated heterocycles. The van der Waals surface area contributed by atoms with E-state index in [2.05, 4.69) is 0 Å². The predicted octanol–water partition coefficient (Wildman–Crippen LogP) is 1.38. The molecule has 1 aromatic carbocycles. The molecule has 2 rings (SSSR count). The summed E-state index contributed by atoms with van der Waals surface area (Å²) in [5, 5.41) is 0. The Hall–Kier alpha value is -1.11. The van der Waals surface area contributed by atoms with E-state index in [9.17, 15) is 8.42 Å². The minimum Gasteiger partial charge on any atom is -0.398 e. The number of anilines is 1. The van der Waals surface area contributed by atoms with Crippen molar-refractivity contribution >= 4 is 15.7 Å². The molecule has 0 spiro atoms. The van der Waals surface area contributed by atoms with E-state index in [1.54, 1.807) is 32.2 Å². The largest absolute Gasteiger partial charge is 0.398 e. The minimum atomic E-state index is -3.54. The van der Waals surface area contributed by atoms with Crippen molar-refractivity contribution in [1.29, 1.82) is 0 Å². The monoisotopic (exact) mass is 284 g/mol. The third-order valence-electron chi connectivity index (χ3n) is 3.28. The molecule has 2 N–H and O–H groups in total. The van der Waals surface area contributed by atoms with Gasteiger partial charge in [0.1, 0.15) is 4.90 Å². The highest BCUT2D eigenvalue weighted by atomic mass is 32.2. The zero-order valence-corrected chi connectivity index (χ0v) is 12.1. The van der Waals surface area contributed by atoms with Crippen LogP contribution in [0.5, 0.6) is 0 Å². The van der Waals surface area contributed by atoms with Crippen LogP contribution in [0.1, 0.15) is 18.4 Å². The van der Waals surface area contributed by atoms with E-state index in [1.165, 1.54) is 4.31 Å². The molecule has 0 radical (unpaired) electrons. The summed E-state index contributed by atoms with van der Waals surface area (Å²) in [6, 6.07) is 5.26. The van der Waals surface area contributed by atoms with Gasteiger partial charge in [-0.1, -0.05) is 12.1 Å². The van der Waals surface area contributed by atoms with Gasteiger partial charge in [0, 0.05) is 19.7 Å². The Bertz CT molecular complexity index is 533. The summed E-state index contributed by atoms with van der Waals surface area (Å²) in [6.07, 6.45) is 1.82. The molecule has 1 aliphatic rings. The van der Waals surface area contributed by atoms with Crippen LogP contribution < -0.4 is 5.73 Å². The fourth-order valence-electron chi connectivity index (χ4n) is 2.19. The Morgan fingerprint density at radius 1 is 1.42 bits per heavy atom. The first-order valence-electron chi connectivity index (χ1n) is 6.34. The number of ether oxygens (including phenoxy) is 1. The summed E-state index contributed by atoms with van der Waals surface area (Å²) in [5.41, 5.74) is 6.85. The molecule has 106 valence electrons. The van der Waals surface area contributed by atoms with E-state index < -0.39 is 10.0 Å². The van der Waals surface area contributed by atoms with Gasteiger partial charge in [0.05, 0.1) is 12.3 Å². The average Bonchev–Trinajstić information content (AvgIpc) is 3.13. The van der Waals surface area contributed by atoms with Crippen LogP contribution in [0.3, 0.4) is 0 Å². The number of benzene rings is 1. The van der Waals surface area contributed by atoms with Crippen molar-refractivity contribution in [2.75, 3.05) is 26.0 Å². The molecule has 0 unspecified atom stereocenters. The Morgan fingerprint density at radius 3 is 2.63 bits per heavy atom. The first-order valence-corrected chi connectivity index (χ1v) is 7.78. The SMILES string of the molecule is COCCN(C1CC1)S(=O)(=O)c1c(C)cccc1N. The lowest BCUT2D eigenvalue weighted by Crippen LogP contribution is -2.36. The van der Waals surface area contributed by atoms with Crippen molar-refractivity contribution in [1.82, 2.24) is 4.31 Å². The lowest BCUT2D eigenvalue weighted by molar-refractivity contribution is 0.177. The number of hydrogen-bond donors (Lipinski definition) is 1. The van der Waals surface area contributed by atoms with Crippen LogP contribution in [-0.2, 0) is 14.8 Å². The average molecular weight is 284 g/mol. The lowest BCUT2D eigenvalue weighted by atomic mass is 10.2. The summed E-state index contributed by atoms with van der Waals surface area (Å²) in [6.45, 7) is 2.53. The fourth-order valence-corrected chi connectivity index (χ4v) is 4.18. The summed E-state index contributed by atoms with van der Waals surface area (Å²) < 4.78 is 32.0. The molecule has 6 heteroatoms. The zero-order valence-electron chi connectivity index (χ0n) is 11.3.